The van der Waals surface area contributed by atoms with Crippen LogP contribution in [0.3, 0.4) is 0 Å². The number of aliphatic hydroxyl groups is 1. The molecule has 31 valence electrons. The Balaban J connectivity index is 2.68. The minimum Gasteiger partial charge on any atom is -0.508 e. The maximum Gasteiger partial charge on any atom is 0.119 e. The zero-order valence-corrected chi connectivity index (χ0v) is 3.31. The van der Waals surface area contributed by atoms with E-state index in [0.717, 1.165) is 6.42 Å². The summed E-state index contributed by atoms with van der Waals surface area (Å²) in [6, 6.07) is 0. The first kappa shape index (κ1) is 3.47. The van der Waals surface area contributed by atoms with Crippen molar-refractivity contribution < 1.29 is 5.11 Å². The number of hydrogen-bond acceptors (Lipinski definition) is 1. The van der Waals surface area contributed by atoms with Gasteiger partial charge in [-0.25, -0.2) is 0 Å². The van der Waals surface area contributed by atoms with Gasteiger partial charge in [0, 0.05) is 6.08 Å². The summed E-state index contributed by atoms with van der Waals surface area (Å²) in [5.74, 6) is 0.273. The first-order chi connectivity index (χ1) is 2.89. The maximum absolute atomic E-state index is 8.45. The summed E-state index contributed by atoms with van der Waals surface area (Å²) >= 11 is 0. The second-order valence-electron chi connectivity index (χ2n) is 1.17. The van der Waals surface area contributed by atoms with Gasteiger partial charge >= 0.3 is 0 Å². The van der Waals surface area contributed by atoms with Crippen molar-refractivity contribution in [1.82, 2.24) is 0 Å². The van der Waals surface area contributed by atoms with Gasteiger partial charge in [0.2, 0.25) is 0 Å². The van der Waals surface area contributed by atoms with E-state index in [1.807, 2.05) is 6.08 Å². The quantitative estimate of drug-likeness (QED) is 0.464. The summed E-state index contributed by atoms with van der Waals surface area (Å²) in [4.78, 5) is 0. The van der Waals surface area contributed by atoms with Crippen LogP contribution < -0.4 is 0 Å². The highest BCUT2D eigenvalue weighted by atomic mass is 16.3. The maximum atomic E-state index is 8.45. The van der Waals surface area contributed by atoms with Crippen molar-refractivity contribution in [3.05, 3.63) is 24.0 Å². The van der Waals surface area contributed by atoms with Gasteiger partial charge in [0.25, 0.3) is 0 Å². The van der Waals surface area contributed by atoms with Crippen LogP contribution in [-0.2, 0) is 0 Å². The predicted molar refractivity (Wildman–Crippen MR) is 23.1 cm³/mol. The average molecular weight is 81.1 g/mol. The lowest BCUT2D eigenvalue weighted by Gasteiger charge is -1.73. The molecule has 1 nitrogen and oxygen atoms in total. The molecule has 0 spiro atoms. The van der Waals surface area contributed by atoms with Crippen LogP contribution in [0, 0.1) is 6.08 Å². The largest absolute Gasteiger partial charge is 0.508 e. The van der Waals surface area contributed by atoms with E-state index in [4.69, 9.17) is 5.11 Å². The molecule has 0 saturated heterocycles. The Morgan fingerprint density at radius 1 is 1.83 bits per heavy atom. The van der Waals surface area contributed by atoms with Crippen LogP contribution in [0.2, 0.25) is 0 Å². The molecule has 1 aliphatic rings. The first-order valence-electron chi connectivity index (χ1n) is 1.86. The van der Waals surface area contributed by atoms with E-state index in [1.165, 1.54) is 0 Å². The lowest BCUT2D eigenvalue weighted by Crippen LogP contribution is -1.61. The smallest absolute Gasteiger partial charge is 0.119 e. The average Bonchev–Trinajstić information content (AvgIpc) is 1.86. The van der Waals surface area contributed by atoms with E-state index in [9.17, 15) is 0 Å². The molecule has 0 aromatic carbocycles. The van der Waals surface area contributed by atoms with Crippen LogP contribution in [-0.4, -0.2) is 5.11 Å². The van der Waals surface area contributed by atoms with Crippen molar-refractivity contribution in [1.29, 1.82) is 0 Å². The third-order valence-corrected chi connectivity index (χ3v) is 0.677. The highest BCUT2D eigenvalue weighted by molar-refractivity contribution is 5.14. The lowest BCUT2D eigenvalue weighted by molar-refractivity contribution is 0.431. The second-order valence-corrected chi connectivity index (χ2v) is 1.17. The van der Waals surface area contributed by atoms with Gasteiger partial charge in [-0.1, -0.05) is 6.08 Å². The Hall–Kier alpha value is -0.720. The SMILES string of the molecule is OC1=[C]CC=C1. The fourth-order valence-corrected chi connectivity index (χ4v) is 0.393. The zero-order chi connectivity index (χ0) is 4.41. The fraction of sp³-hybridized carbons (Fsp3) is 0.200. The standard InChI is InChI=1S/C5H5O/c6-5-3-1-2-4-5/h1,3,6H,2H2. The van der Waals surface area contributed by atoms with Crippen LogP contribution in [0.25, 0.3) is 0 Å². The highest BCUT2D eigenvalue weighted by Gasteiger charge is 1.88. The van der Waals surface area contributed by atoms with Crippen LogP contribution in [0.1, 0.15) is 6.42 Å². The van der Waals surface area contributed by atoms with E-state index in [1.54, 1.807) is 6.08 Å². The Bertz CT molecular complexity index is 97.8. The van der Waals surface area contributed by atoms with Crippen molar-refractivity contribution in [3.63, 3.8) is 0 Å². The molecule has 6 heavy (non-hydrogen) atoms. The molecule has 0 aliphatic heterocycles. The number of allylic oxidation sites excluding steroid dienone is 3. The van der Waals surface area contributed by atoms with Crippen molar-refractivity contribution in [3.8, 4) is 0 Å². The van der Waals surface area contributed by atoms with Gasteiger partial charge in [0.05, 0.1) is 0 Å². The van der Waals surface area contributed by atoms with Crippen molar-refractivity contribution >= 4 is 0 Å². The molecule has 0 heterocycles. The molecule has 0 amide bonds. The number of hydrogen-bond donors (Lipinski definition) is 1. The molecule has 0 aromatic rings. The molecular weight excluding hydrogens is 76.1 g/mol. The topological polar surface area (TPSA) is 20.2 Å². The molecular formula is C5H5O. The molecule has 1 rings (SSSR count). The van der Waals surface area contributed by atoms with Gasteiger partial charge in [-0.2, -0.15) is 0 Å². The Labute approximate surface area is 36.6 Å². The second kappa shape index (κ2) is 1.17. The molecule has 0 fully saturated rings. The van der Waals surface area contributed by atoms with Gasteiger partial charge < -0.3 is 5.11 Å². The first-order valence-corrected chi connectivity index (χ1v) is 1.86. The molecule has 0 atom stereocenters. The molecule has 0 bridgehead atoms. The number of rotatable bonds is 0. The summed E-state index contributed by atoms with van der Waals surface area (Å²) in [6.45, 7) is 0. The van der Waals surface area contributed by atoms with Crippen LogP contribution in [0.5, 0.6) is 0 Å². The van der Waals surface area contributed by atoms with E-state index < -0.39 is 0 Å². The van der Waals surface area contributed by atoms with E-state index in [-0.39, 0.29) is 5.76 Å². The summed E-state index contributed by atoms with van der Waals surface area (Å²) in [6.07, 6.45) is 6.95. The van der Waals surface area contributed by atoms with Crippen molar-refractivity contribution in [2.75, 3.05) is 0 Å². The Morgan fingerprint density at radius 3 is 2.83 bits per heavy atom. The summed E-state index contributed by atoms with van der Waals surface area (Å²) in [5, 5.41) is 8.45. The zero-order valence-electron chi connectivity index (χ0n) is 3.31. The van der Waals surface area contributed by atoms with E-state index >= 15 is 0 Å². The molecule has 0 saturated carbocycles. The number of aliphatic hydroxyl groups excluding tert-OH is 1. The molecule has 0 unspecified atom stereocenters. The van der Waals surface area contributed by atoms with Gasteiger partial charge in [-0.15, -0.1) is 0 Å². The predicted octanol–water partition coefficient (Wildman–Crippen LogP) is 1.19. The molecule has 0 aromatic heterocycles. The molecule has 1 aliphatic carbocycles. The Kier molecular flexibility index (Phi) is 0.675. The summed E-state index contributed by atoms with van der Waals surface area (Å²) in [7, 11) is 0. The minimum atomic E-state index is 0.273. The summed E-state index contributed by atoms with van der Waals surface area (Å²) in [5.41, 5.74) is 0. The van der Waals surface area contributed by atoms with E-state index in [2.05, 4.69) is 6.08 Å². The minimum absolute atomic E-state index is 0.273. The third kappa shape index (κ3) is 0.432. The van der Waals surface area contributed by atoms with Crippen molar-refractivity contribution in [2.45, 2.75) is 6.42 Å². The monoisotopic (exact) mass is 81.0 g/mol. The van der Waals surface area contributed by atoms with Crippen molar-refractivity contribution in [2.24, 2.45) is 0 Å². The lowest BCUT2D eigenvalue weighted by atomic mass is 10.5. The fourth-order valence-electron chi connectivity index (χ4n) is 0.393. The van der Waals surface area contributed by atoms with E-state index in [0.29, 0.717) is 0 Å². The van der Waals surface area contributed by atoms with Crippen LogP contribution in [0.4, 0.5) is 0 Å². The third-order valence-electron chi connectivity index (χ3n) is 0.677. The van der Waals surface area contributed by atoms with Gasteiger partial charge in [-0.05, 0) is 12.5 Å². The molecule has 1 radical (unpaired) electrons. The Morgan fingerprint density at radius 2 is 2.67 bits per heavy atom. The summed E-state index contributed by atoms with van der Waals surface area (Å²) < 4.78 is 0. The van der Waals surface area contributed by atoms with Gasteiger partial charge in [0.1, 0.15) is 5.76 Å². The molecule has 1 heteroatoms. The van der Waals surface area contributed by atoms with Gasteiger partial charge in [-0.3, -0.25) is 0 Å². The van der Waals surface area contributed by atoms with Gasteiger partial charge in [0.15, 0.2) is 0 Å². The highest BCUT2D eigenvalue weighted by Crippen LogP contribution is 2.01. The normalized spacial score (nSPS) is 18.3. The van der Waals surface area contributed by atoms with Crippen LogP contribution in [0.15, 0.2) is 17.9 Å². The molecule has 1 N–H and O–H groups in total. The van der Waals surface area contributed by atoms with Crippen LogP contribution >= 0.6 is 0 Å².